The van der Waals surface area contributed by atoms with Crippen LogP contribution in [0.4, 0.5) is 4.39 Å². The van der Waals surface area contributed by atoms with Gasteiger partial charge in [0, 0.05) is 24.2 Å². The zero-order chi connectivity index (χ0) is 18.3. The van der Waals surface area contributed by atoms with Gasteiger partial charge in [-0.05, 0) is 55.9 Å². The van der Waals surface area contributed by atoms with Crippen molar-refractivity contribution in [2.45, 2.75) is 56.8 Å². The average molecular weight is 355 g/mol. The molecule has 4 rings (SSSR count). The van der Waals surface area contributed by atoms with Gasteiger partial charge >= 0.3 is 0 Å². The Morgan fingerprint density at radius 2 is 1.85 bits per heavy atom. The van der Waals surface area contributed by atoms with Crippen LogP contribution in [-0.2, 0) is 12.1 Å². The van der Waals surface area contributed by atoms with E-state index in [0.717, 1.165) is 30.7 Å². The molecule has 4 heteroatoms. The first-order valence-electron chi connectivity index (χ1n) is 9.37. The Morgan fingerprint density at radius 1 is 1.15 bits per heavy atom. The summed E-state index contributed by atoms with van der Waals surface area (Å²) in [4.78, 5) is 2.51. The highest BCUT2D eigenvalue weighted by molar-refractivity contribution is 5.41. The first kappa shape index (κ1) is 17.5. The molecule has 2 atom stereocenters. The van der Waals surface area contributed by atoms with Gasteiger partial charge in [-0.25, -0.2) is 4.39 Å². The second kappa shape index (κ2) is 6.67. The molecule has 0 radical (unpaired) electrons. The number of methoxy groups -OCH3 is 1. The topological polar surface area (TPSA) is 32.7 Å². The monoisotopic (exact) mass is 355 g/mol. The van der Waals surface area contributed by atoms with Crippen LogP contribution in [0.3, 0.4) is 0 Å². The highest BCUT2D eigenvalue weighted by Crippen LogP contribution is 2.46. The smallest absolute Gasteiger partial charge is 0.126 e. The van der Waals surface area contributed by atoms with Crippen molar-refractivity contribution in [1.82, 2.24) is 4.90 Å². The minimum atomic E-state index is -0.929. The number of para-hydroxylation sites is 1. The summed E-state index contributed by atoms with van der Waals surface area (Å²) in [6.07, 6.45) is 3.47. The fourth-order valence-electron chi connectivity index (χ4n) is 4.91. The lowest BCUT2D eigenvalue weighted by atomic mass is 9.80. The maximum atomic E-state index is 13.7. The van der Waals surface area contributed by atoms with E-state index >= 15 is 0 Å². The van der Waals surface area contributed by atoms with Gasteiger partial charge < -0.3 is 9.84 Å². The molecule has 1 N–H and O–H groups in total. The van der Waals surface area contributed by atoms with Crippen LogP contribution in [-0.4, -0.2) is 29.2 Å². The average Bonchev–Trinajstić information content (AvgIpc) is 2.86. The molecule has 2 aromatic carbocycles. The zero-order valence-electron chi connectivity index (χ0n) is 15.4. The van der Waals surface area contributed by atoms with Crippen molar-refractivity contribution < 1.29 is 14.2 Å². The minimum absolute atomic E-state index is 0.282. The molecule has 2 saturated heterocycles. The summed E-state index contributed by atoms with van der Waals surface area (Å²) in [5.74, 6) is 0.674. The molecule has 2 aromatic rings. The van der Waals surface area contributed by atoms with Crippen LogP contribution in [0.5, 0.6) is 5.75 Å². The summed E-state index contributed by atoms with van der Waals surface area (Å²) in [5.41, 5.74) is 2.12. The molecular weight excluding hydrogens is 329 g/mol. The summed E-state index contributed by atoms with van der Waals surface area (Å²) in [6, 6.07) is 13.3. The van der Waals surface area contributed by atoms with Gasteiger partial charge in [0.1, 0.15) is 11.6 Å². The second-order valence-corrected chi connectivity index (χ2v) is 7.77. The number of hydrogen-bond acceptors (Lipinski definition) is 3. The van der Waals surface area contributed by atoms with Gasteiger partial charge in [0.25, 0.3) is 0 Å². The minimum Gasteiger partial charge on any atom is -0.496 e. The van der Waals surface area contributed by atoms with Gasteiger partial charge in [0.15, 0.2) is 0 Å². The number of aliphatic hydroxyl groups is 1. The largest absolute Gasteiger partial charge is 0.496 e. The van der Waals surface area contributed by atoms with Crippen LogP contribution in [0.2, 0.25) is 0 Å². The van der Waals surface area contributed by atoms with Gasteiger partial charge in [-0.3, -0.25) is 4.90 Å². The molecule has 2 heterocycles. The maximum Gasteiger partial charge on any atom is 0.126 e. The molecule has 3 nitrogen and oxygen atoms in total. The summed E-state index contributed by atoms with van der Waals surface area (Å²) >= 11 is 0. The van der Waals surface area contributed by atoms with Crippen molar-refractivity contribution in [3.63, 3.8) is 0 Å². The zero-order valence-corrected chi connectivity index (χ0v) is 15.4. The molecule has 0 spiro atoms. The van der Waals surface area contributed by atoms with E-state index < -0.39 is 5.60 Å². The molecule has 0 amide bonds. The van der Waals surface area contributed by atoms with Gasteiger partial charge in [0.05, 0.1) is 12.7 Å². The van der Waals surface area contributed by atoms with E-state index in [4.69, 9.17) is 4.74 Å². The number of nitrogens with zero attached hydrogens (tertiary/aromatic N) is 1. The fourth-order valence-corrected chi connectivity index (χ4v) is 4.91. The van der Waals surface area contributed by atoms with E-state index in [1.54, 1.807) is 13.2 Å². The molecule has 0 unspecified atom stereocenters. The molecule has 0 saturated carbocycles. The van der Waals surface area contributed by atoms with E-state index in [2.05, 4.69) is 30.0 Å². The number of hydrogen-bond donors (Lipinski definition) is 1. The number of ether oxygens (including phenoxy) is 1. The first-order chi connectivity index (χ1) is 12.5. The Labute approximate surface area is 154 Å². The second-order valence-electron chi connectivity index (χ2n) is 7.77. The number of rotatable bonds is 4. The summed E-state index contributed by atoms with van der Waals surface area (Å²) in [6.45, 7) is 2.90. The summed E-state index contributed by atoms with van der Waals surface area (Å²) in [5, 5.41) is 11.3. The quantitative estimate of drug-likeness (QED) is 0.894. The predicted octanol–water partition coefficient (Wildman–Crippen LogP) is 4.16. The van der Waals surface area contributed by atoms with Gasteiger partial charge in [0.2, 0.25) is 0 Å². The standard InChI is InChI=1S/C22H26FNO2/c1-15-5-3-6-16(21(15)26-2)14-24-19-9-10-20(24)13-22(25,12-19)17-7-4-8-18(23)11-17/h3-8,11,19-20,25H,9-10,12-14H2,1-2H3/t19-,20-/m1/s1. The Morgan fingerprint density at radius 3 is 2.50 bits per heavy atom. The van der Waals surface area contributed by atoms with E-state index in [0.29, 0.717) is 30.5 Å². The molecular formula is C22H26FNO2. The Kier molecular flexibility index (Phi) is 4.49. The van der Waals surface area contributed by atoms with Crippen molar-refractivity contribution in [2.24, 2.45) is 0 Å². The SMILES string of the molecule is COc1c(C)cccc1CN1[C@@H]2CC[C@@H]1CC(O)(c1cccc(F)c1)C2. The third kappa shape index (κ3) is 3.01. The van der Waals surface area contributed by atoms with Crippen LogP contribution in [0, 0.1) is 12.7 Å². The number of halogens is 1. The molecule has 0 aromatic heterocycles. The molecule has 2 aliphatic rings. The van der Waals surface area contributed by atoms with Gasteiger partial charge in [-0.15, -0.1) is 0 Å². The molecule has 138 valence electrons. The lowest BCUT2D eigenvalue weighted by Gasteiger charge is -2.44. The van der Waals surface area contributed by atoms with Crippen LogP contribution in [0.25, 0.3) is 0 Å². The van der Waals surface area contributed by atoms with Crippen molar-refractivity contribution >= 4 is 0 Å². The summed E-state index contributed by atoms with van der Waals surface area (Å²) < 4.78 is 19.3. The van der Waals surface area contributed by atoms with Crippen LogP contribution < -0.4 is 4.74 Å². The van der Waals surface area contributed by atoms with Crippen molar-refractivity contribution in [3.8, 4) is 5.75 Å². The van der Waals surface area contributed by atoms with Gasteiger partial charge in [-0.2, -0.15) is 0 Å². The molecule has 2 aliphatic heterocycles. The van der Waals surface area contributed by atoms with Crippen molar-refractivity contribution in [1.29, 1.82) is 0 Å². The molecule has 2 fully saturated rings. The molecule has 26 heavy (non-hydrogen) atoms. The number of piperidine rings is 1. The van der Waals surface area contributed by atoms with Crippen LogP contribution in [0.15, 0.2) is 42.5 Å². The highest BCUT2D eigenvalue weighted by Gasteiger charge is 2.48. The van der Waals surface area contributed by atoms with Crippen molar-refractivity contribution in [2.75, 3.05) is 7.11 Å². The van der Waals surface area contributed by atoms with E-state index in [9.17, 15) is 9.50 Å². The number of benzene rings is 2. The van der Waals surface area contributed by atoms with E-state index in [1.165, 1.54) is 17.7 Å². The lowest BCUT2D eigenvalue weighted by molar-refractivity contribution is -0.0598. The third-order valence-corrected chi connectivity index (χ3v) is 6.13. The van der Waals surface area contributed by atoms with Crippen molar-refractivity contribution in [3.05, 3.63) is 65.0 Å². The van der Waals surface area contributed by atoms with E-state index in [1.807, 2.05) is 6.07 Å². The van der Waals surface area contributed by atoms with Gasteiger partial charge in [-0.1, -0.05) is 30.3 Å². The molecule has 0 aliphatic carbocycles. The highest BCUT2D eigenvalue weighted by atomic mass is 19.1. The summed E-state index contributed by atoms with van der Waals surface area (Å²) in [7, 11) is 1.72. The Balaban J connectivity index is 1.57. The Hall–Kier alpha value is -1.91. The number of fused-ring (bicyclic) bond motifs is 2. The Bertz CT molecular complexity index is 792. The molecule has 2 bridgehead atoms. The normalized spacial score (nSPS) is 28.3. The maximum absolute atomic E-state index is 13.7. The first-order valence-corrected chi connectivity index (χ1v) is 9.37. The third-order valence-electron chi connectivity index (χ3n) is 6.13. The van der Waals surface area contributed by atoms with E-state index in [-0.39, 0.29) is 5.82 Å². The van der Waals surface area contributed by atoms with Crippen LogP contribution in [0.1, 0.15) is 42.4 Å². The fraction of sp³-hybridized carbons (Fsp3) is 0.455. The van der Waals surface area contributed by atoms with Crippen LogP contribution >= 0.6 is 0 Å². The number of aryl methyl sites for hydroxylation is 1. The lowest BCUT2D eigenvalue weighted by Crippen LogP contribution is -2.49. The predicted molar refractivity (Wildman–Crippen MR) is 99.6 cm³/mol.